The van der Waals surface area contributed by atoms with Crippen LogP contribution < -0.4 is 5.32 Å². The third-order valence-electron chi connectivity index (χ3n) is 2.50. The first-order chi connectivity index (χ1) is 9.26. The number of halogens is 2. The number of hydrogen-bond donors (Lipinski definition) is 1. The normalized spacial score (nSPS) is 11.4. The minimum absolute atomic E-state index is 0.0255. The van der Waals surface area contributed by atoms with Gasteiger partial charge in [-0.15, -0.1) is 0 Å². The summed E-state index contributed by atoms with van der Waals surface area (Å²) in [4.78, 5) is 23.1. The van der Waals surface area contributed by atoms with Gasteiger partial charge in [-0.1, -0.05) is 17.7 Å². The average Bonchev–Trinajstić information content (AvgIpc) is 2.38. The molecule has 1 aromatic rings. The Hall–Kier alpha value is -1.88. The first kappa shape index (κ1) is 16.2. The fourth-order valence-electron chi connectivity index (χ4n) is 1.44. The fraction of sp³-hybridized carbons (Fsp3) is 0.286. The minimum atomic E-state index is -1.13. The number of carbonyl (C=O) groups excluding carboxylic acids is 2. The summed E-state index contributed by atoms with van der Waals surface area (Å²) < 4.78 is 17.5. The van der Waals surface area contributed by atoms with Crippen LogP contribution in [0.5, 0.6) is 0 Å². The fourth-order valence-corrected chi connectivity index (χ4v) is 1.63. The zero-order valence-electron chi connectivity index (χ0n) is 11.4. The Labute approximate surface area is 121 Å². The third-order valence-corrected chi connectivity index (χ3v) is 2.79. The molecule has 0 saturated heterocycles. The standard InChI is InChI=1S/C14H15ClFNO3/c1-14(2,13(19)20-3)17-12(18)7-5-9-4-6-11(16)10(15)8-9/h4-8H,1-3H3,(H,17,18). The molecule has 0 saturated carbocycles. The first-order valence-corrected chi connectivity index (χ1v) is 6.18. The van der Waals surface area contributed by atoms with Crippen LogP contribution in [0.3, 0.4) is 0 Å². The van der Waals surface area contributed by atoms with Crippen molar-refractivity contribution >= 4 is 29.6 Å². The van der Waals surface area contributed by atoms with E-state index in [9.17, 15) is 14.0 Å². The van der Waals surface area contributed by atoms with Gasteiger partial charge >= 0.3 is 5.97 Å². The molecule has 4 nitrogen and oxygen atoms in total. The summed E-state index contributed by atoms with van der Waals surface area (Å²) in [6.07, 6.45) is 2.70. The van der Waals surface area contributed by atoms with E-state index in [1.165, 1.54) is 51.3 Å². The van der Waals surface area contributed by atoms with Crippen LogP contribution in [0.2, 0.25) is 5.02 Å². The third kappa shape index (κ3) is 4.35. The Kier molecular flexibility index (Phi) is 5.27. The highest BCUT2D eigenvalue weighted by Crippen LogP contribution is 2.16. The lowest BCUT2D eigenvalue weighted by Crippen LogP contribution is -2.49. The van der Waals surface area contributed by atoms with Gasteiger partial charge in [-0.05, 0) is 37.6 Å². The van der Waals surface area contributed by atoms with Gasteiger partial charge in [0, 0.05) is 6.08 Å². The van der Waals surface area contributed by atoms with Crippen molar-refractivity contribution in [1.29, 1.82) is 0 Å². The van der Waals surface area contributed by atoms with Crippen molar-refractivity contribution in [2.24, 2.45) is 0 Å². The lowest BCUT2D eigenvalue weighted by atomic mass is 10.1. The van der Waals surface area contributed by atoms with Crippen LogP contribution in [0.4, 0.5) is 4.39 Å². The van der Waals surface area contributed by atoms with Crippen molar-refractivity contribution in [2.45, 2.75) is 19.4 Å². The van der Waals surface area contributed by atoms with Gasteiger partial charge in [0.2, 0.25) is 5.91 Å². The van der Waals surface area contributed by atoms with E-state index < -0.39 is 23.2 Å². The second kappa shape index (κ2) is 6.52. The van der Waals surface area contributed by atoms with Crippen LogP contribution in [0.1, 0.15) is 19.4 Å². The molecular weight excluding hydrogens is 285 g/mol. The number of ether oxygens (including phenoxy) is 1. The summed E-state index contributed by atoms with van der Waals surface area (Å²) in [5.41, 5.74) is -0.557. The molecule has 0 atom stereocenters. The number of benzene rings is 1. The van der Waals surface area contributed by atoms with Crippen molar-refractivity contribution in [3.8, 4) is 0 Å². The topological polar surface area (TPSA) is 55.4 Å². The predicted octanol–water partition coefficient (Wildman–Crippen LogP) is 2.56. The number of amides is 1. The van der Waals surface area contributed by atoms with Gasteiger partial charge in [0.15, 0.2) is 0 Å². The second-order valence-corrected chi connectivity index (χ2v) is 5.02. The average molecular weight is 300 g/mol. The molecule has 1 aromatic carbocycles. The Balaban J connectivity index is 2.73. The minimum Gasteiger partial charge on any atom is -0.467 e. The summed E-state index contributed by atoms with van der Waals surface area (Å²) in [7, 11) is 1.24. The van der Waals surface area contributed by atoms with E-state index in [1.807, 2.05) is 0 Å². The molecule has 0 heterocycles. The molecule has 1 amide bonds. The number of hydrogen-bond acceptors (Lipinski definition) is 3. The molecule has 0 aliphatic heterocycles. The molecule has 0 spiro atoms. The highest BCUT2D eigenvalue weighted by molar-refractivity contribution is 6.30. The van der Waals surface area contributed by atoms with E-state index in [0.717, 1.165) is 0 Å². The summed E-state index contributed by atoms with van der Waals surface area (Å²) in [5, 5.41) is 2.47. The lowest BCUT2D eigenvalue weighted by molar-refractivity contribution is -0.148. The molecule has 0 bridgehead atoms. The quantitative estimate of drug-likeness (QED) is 0.687. The van der Waals surface area contributed by atoms with Gasteiger partial charge in [0.05, 0.1) is 12.1 Å². The number of carbonyl (C=O) groups is 2. The molecule has 1 N–H and O–H groups in total. The maximum Gasteiger partial charge on any atom is 0.330 e. The van der Waals surface area contributed by atoms with Crippen molar-refractivity contribution in [2.75, 3.05) is 7.11 Å². The van der Waals surface area contributed by atoms with Gasteiger partial charge in [-0.2, -0.15) is 0 Å². The smallest absolute Gasteiger partial charge is 0.330 e. The number of methoxy groups -OCH3 is 1. The molecule has 6 heteroatoms. The number of rotatable bonds is 4. The summed E-state index contributed by atoms with van der Waals surface area (Å²) >= 11 is 5.63. The van der Waals surface area contributed by atoms with E-state index in [4.69, 9.17) is 11.6 Å². The Morgan fingerprint density at radius 2 is 2.05 bits per heavy atom. The Morgan fingerprint density at radius 1 is 1.40 bits per heavy atom. The summed E-state index contributed by atoms with van der Waals surface area (Å²) in [6.45, 7) is 3.05. The SMILES string of the molecule is COC(=O)C(C)(C)NC(=O)C=Cc1ccc(F)c(Cl)c1. The van der Waals surface area contributed by atoms with Crippen molar-refractivity contribution in [3.63, 3.8) is 0 Å². The molecule has 0 fully saturated rings. The van der Waals surface area contributed by atoms with E-state index in [1.54, 1.807) is 0 Å². The summed E-state index contributed by atoms with van der Waals surface area (Å²) in [6, 6.07) is 4.08. The second-order valence-electron chi connectivity index (χ2n) is 4.61. The lowest BCUT2D eigenvalue weighted by Gasteiger charge is -2.22. The van der Waals surface area contributed by atoms with Gasteiger partial charge < -0.3 is 10.1 Å². The zero-order chi connectivity index (χ0) is 15.3. The van der Waals surface area contributed by atoms with Crippen LogP contribution in [0.15, 0.2) is 24.3 Å². The largest absolute Gasteiger partial charge is 0.467 e. The van der Waals surface area contributed by atoms with Crippen molar-refractivity contribution in [3.05, 3.63) is 40.7 Å². The highest BCUT2D eigenvalue weighted by Gasteiger charge is 2.29. The van der Waals surface area contributed by atoms with Crippen LogP contribution in [-0.2, 0) is 14.3 Å². The van der Waals surface area contributed by atoms with Crippen LogP contribution in [0, 0.1) is 5.82 Å². The zero-order valence-corrected chi connectivity index (χ0v) is 12.1. The first-order valence-electron chi connectivity index (χ1n) is 5.80. The molecule has 108 valence electrons. The van der Waals surface area contributed by atoms with Gasteiger partial charge in [0.1, 0.15) is 11.4 Å². The molecular formula is C14H15ClFNO3. The molecule has 0 aliphatic carbocycles. The van der Waals surface area contributed by atoms with Crippen LogP contribution >= 0.6 is 11.6 Å². The van der Waals surface area contributed by atoms with Crippen LogP contribution in [0.25, 0.3) is 6.08 Å². The monoisotopic (exact) mass is 299 g/mol. The molecule has 20 heavy (non-hydrogen) atoms. The summed E-state index contributed by atoms with van der Waals surface area (Å²) in [5.74, 6) is -1.55. The van der Waals surface area contributed by atoms with Gasteiger partial charge in [0.25, 0.3) is 0 Å². The molecule has 1 rings (SSSR count). The van der Waals surface area contributed by atoms with E-state index in [2.05, 4.69) is 10.1 Å². The molecule has 0 radical (unpaired) electrons. The van der Waals surface area contributed by atoms with Crippen molar-refractivity contribution < 1.29 is 18.7 Å². The molecule has 0 aromatic heterocycles. The Bertz CT molecular complexity index is 555. The number of esters is 1. The van der Waals surface area contributed by atoms with Gasteiger partial charge in [-0.25, -0.2) is 9.18 Å². The van der Waals surface area contributed by atoms with Crippen molar-refractivity contribution in [1.82, 2.24) is 5.32 Å². The van der Waals surface area contributed by atoms with Crippen LogP contribution in [-0.4, -0.2) is 24.5 Å². The molecule has 0 aliphatic rings. The van der Waals surface area contributed by atoms with E-state index >= 15 is 0 Å². The predicted molar refractivity (Wildman–Crippen MR) is 74.7 cm³/mol. The Morgan fingerprint density at radius 3 is 2.60 bits per heavy atom. The maximum absolute atomic E-state index is 13.0. The van der Waals surface area contributed by atoms with Gasteiger partial charge in [-0.3, -0.25) is 4.79 Å². The van der Waals surface area contributed by atoms with E-state index in [0.29, 0.717) is 5.56 Å². The molecule has 0 unspecified atom stereocenters. The van der Waals surface area contributed by atoms with E-state index in [-0.39, 0.29) is 5.02 Å². The maximum atomic E-state index is 13.0. The number of nitrogens with one attached hydrogen (secondary N) is 1. The highest BCUT2D eigenvalue weighted by atomic mass is 35.5.